The molecule has 0 bridgehead atoms. The highest BCUT2D eigenvalue weighted by Crippen LogP contribution is 2.43. The number of hydrogen-bond donors (Lipinski definition) is 1. The third kappa shape index (κ3) is 1.51. The lowest BCUT2D eigenvalue weighted by molar-refractivity contribution is 0.173. The minimum absolute atomic E-state index is 0.256. The van der Waals surface area contributed by atoms with Crippen LogP contribution < -0.4 is 5.32 Å². The smallest absolute Gasteiger partial charge is 0.110 e. The summed E-state index contributed by atoms with van der Waals surface area (Å²) in [4.78, 5) is 0. The summed E-state index contributed by atoms with van der Waals surface area (Å²) in [6, 6.07) is 2.19. The number of furan rings is 1. The Balaban J connectivity index is 1.86. The van der Waals surface area contributed by atoms with Gasteiger partial charge in [0.25, 0.3) is 0 Å². The molecule has 0 atom stereocenters. The van der Waals surface area contributed by atoms with Crippen molar-refractivity contribution in [1.82, 2.24) is 5.32 Å². The lowest BCUT2D eigenvalue weighted by Crippen LogP contribution is -2.49. The molecule has 2 nitrogen and oxygen atoms in total. The van der Waals surface area contributed by atoms with Gasteiger partial charge in [-0.15, -0.1) is 0 Å². The minimum Gasteiger partial charge on any atom is -0.469 e. The van der Waals surface area contributed by atoms with Crippen LogP contribution in [0, 0.1) is 5.92 Å². The Hall–Kier alpha value is -0.760. The molecule has 1 aromatic rings. The van der Waals surface area contributed by atoms with Gasteiger partial charge in [-0.05, 0) is 37.7 Å². The Morgan fingerprint density at radius 1 is 1.44 bits per heavy atom. The van der Waals surface area contributed by atoms with Crippen molar-refractivity contribution in [2.24, 2.45) is 5.92 Å². The molecule has 1 aliphatic heterocycles. The molecule has 1 aliphatic carbocycles. The van der Waals surface area contributed by atoms with Crippen molar-refractivity contribution in [3.05, 3.63) is 23.7 Å². The third-order valence-electron chi connectivity index (χ3n) is 4.61. The Morgan fingerprint density at radius 2 is 2.25 bits per heavy atom. The van der Waals surface area contributed by atoms with Gasteiger partial charge >= 0.3 is 0 Å². The van der Waals surface area contributed by atoms with Crippen molar-refractivity contribution in [2.45, 2.75) is 51.0 Å². The summed E-state index contributed by atoms with van der Waals surface area (Å²) < 4.78 is 5.60. The summed E-state index contributed by atoms with van der Waals surface area (Å²) in [5, 5.41) is 3.76. The first-order valence-corrected chi connectivity index (χ1v) is 6.66. The van der Waals surface area contributed by atoms with Crippen LogP contribution in [0.25, 0.3) is 0 Å². The molecule has 0 aromatic carbocycles. The monoisotopic (exact) mass is 219 g/mol. The average Bonchev–Trinajstić information content (AvgIpc) is 2.80. The number of hydrogen-bond acceptors (Lipinski definition) is 2. The van der Waals surface area contributed by atoms with Gasteiger partial charge in [0, 0.05) is 24.1 Å². The first-order valence-electron chi connectivity index (χ1n) is 6.66. The molecule has 2 heteroatoms. The van der Waals surface area contributed by atoms with Crippen LogP contribution in [0.4, 0.5) is 0 Å². The number of nitrogens with one attached hydrogen (secondary N) is 1. The van der Waals surface area contributed by atoms with E-state index in [9.17, 15) is 0 Å². The standard InChI is InChI=1S/C14H21NO/c1-2-11-3-7-14(8-4-11)12-6-10-16-13(12)5-9-15-14/h6,10-11,15H,2-5,7-9H2,1H3. The SMILES string of the molecule is CCC1CCC2(CC1)NCCc1occc12. The van der Waals surface area contributed by atoms with Crippen LogP contribution in [0.1, 0.15) is 50.4 Å². The highest BCUT2D eigenvalue weighted by molar-refractivity contribution is 5.30. The first kappa shape index (κ1) is 10.4. The van der Waals surface area contributed by atoms with Gasteiger partial charge in [-0.25, -0.2) is 0 Å². The molecule has 3 rings (SSSR count). The molecule has 0 radical (unpaired) electrons. The van der Waals surface area contributed by atoms with Gasteiger partial charge in [-0.3, -0.25) is 0 Å². The van der Waals surface area contributed by atoms with E-state index in [0.717, 1.165) is 18.9 Å². The van der Waals surface area contributed by atoms with Crippen molar-refractivity contribution >= 4 is 0 Å². The molecular formula is C14H21NO. The highest BCUT2D eigenvalue weighted by Gasteiger charge is 2.40. The van der Waals surface area contributed by atoms with Gasteiger partial charge in [-0.1, -0.05) is 13.3 Å². The summed E-state index contributed by atoms with van der Waals surface area (Å²) in [6.07, 6.45) is 9.58. The van der Waals surface area contributed by atoms with Crippen LogP contribution in [0.2, 0.25) is 0 Å². The van der Waals surface area contributed by atoms with Crippen LogP contribution in [0.3, 0.4) is 0 Å². The second-order valence-electron chi connectivity index (χ2n) is 5.37. The Labute approximate surface area is 97.4 Å². The summed E-state index contributed by atoms with van der Waals surface area (Å²) >= 11 is 0. The molecule has 2 aliphatic rings. The van der Waals surface area contributed by atoms with Gasteiger partial charge in [0.15, 0.2) is 0 Å². The quantitative estimate of drug-likeness (QED) is 0.784. The van der Waals surface area contributed by atoms with E-state index < -0.39 is 0 Å². The Kier molecular flexibility index (Phi) is 2.55. The van der Waals surface area contributed by atoms with Crippen LogP contribution in [-0.2, 0) is 12.0 Å². The second-order valence-corrected chi connectivity index (χ2v) is 5.37. The maximum atomic E-state index is 5.60. The minimum atomic E-state index is 0.256. The highest BCUT2D eigenvalue weighted by atomic mass is 16.3. The molecule has 2 heterocycles. The first-order chi connectivity index (χ1) is 7.84. The van der Waals surface area contributed by atoms with Gasteiger partial charge < -0.3 is 9.73 Å². The van der Waals surface area contributed by atoms with Crippen molar-refractivity contribution in [1.29, 1.82) is 0 Å². The Morgan fingerprint density at radius 3 is 3.00 bits per heavy atom. The van der Waals surface area contributed by atoms with Crippen LogP contribution in [0.15, 0.2) is 16.7 Å². The maximum absolute atomic E-state index is 5.60. The maximum Gasteiger partial charge on any atom is 0.110 e. The zero-order valence-corrected chi connectivity index (χ0v) is 10.1. The molecule has 1 N–H and O–H groups in total. The zero-order valence-electron chi connectivity index (χ0n) is 10.1. The van der Waals surface area contributed by atoms with E-state index in [0.29, 0.717) is 0 Å². The van der Waals surface area contributed by atoms with Gasteiger partial charge in [0.1, 0.15) is 5.76 Å². The van der Waals surface area contributed by atoms with E-state index in [4.69, 9.17) is 4.42 Å². The molecule has 88 valence electrons. The predicted octanol–water partition coefficient (Wildman–Crippen LogP) is 3.22. The van der Waals surface area contributed by atoms with E-state index in [1.165, 1.54) is 43.4 Å². The molecule has 0 amide bonds. The number of rotatable bonds is 1. The topological polar surface area (TPSA) is 25.2 Å². The van der Waals surface area contributed by atoms with Crippen molar-refractivity contribution in [2.75, 3.05) is 6.54 Å². The summed E-state index contributed by atoms with van der Waals surface area (Å²) in [7, 11) is 0. The molecule has 1 saturated carbocycles. The van der Waals surface area contributed by atoms with Gasteiger partial charge in [0.05, 0.1) is 6.26 Å². The lowest BCUT2D eigenvalue weighted by atomic mass is 9.71. The fourth-order valence-corrected chi connectivity index (χ4v) is 3.50. The van der Waals surface area contributed by atoms with Crippen molar-refractivity contribution in [3.63, 3.8) is 0 Å². The predicted molar refractivity (Wildman–Crippen MR) is 64.3 cm³/mol. The Bertz CT molecular complexity index is 361. The molecule has 1 aromatic heterocycles. The van der Waals surface area contributed by atoms with E-state index in [-0.39, 0.29) is 5.54 Å². The summed E-state index contributed by atoms with van der Waals surface area (Å²) in [5.74, 6) is 2.18. The van der Waals surface area contributed by atoms with Crippen LogP contribution >= 0.6 is 0 Å². The average molecular weight is 219 g/mol. The molecule has 0 unspecified atom stereocenters. The fourth-order valence-electron chi connectivity index (χ4n) is 3.50. The van der Waals surface area contributed by atoms with Gasteiger partial charge in [0.2, 0.25) is 0 Å². The van der Waals surface area contributed by atoms with E-state index >= 15 is 0 Å². The van der Waals surface area contributed by atoms with E-state index in [2.05, 4.69) is 18.3 Å². The molecule has 1 spiro atoms. The lowest BCUT2D eigenvalue weighted by Gasteiger charge is -2.43. The fraction of sp³-hybridized carbons (Fsp3) is 0.714. The van der Waals surface area contributed by atoms with Crippen molar-refractivity contribution < 1.29 is 4.42 Å². The van der Waals surface area contributed by atoms with Crippen LogP contribution in [0.5, 0.6) is 0 Å². The van der Waals surface area contributed by atoms with Crippen LogP contribution in [-0.4, -0.2) is 6.54 Å². The van der Waals surface area contributed by atoms with E-state index in [1.807, 2.05) is 6.26 Å². The van der Waals surface area contributed by atoms with Crippen molar-refractivity contribution in [3.8, 4) is 0 Å². The second kappa shape index (κ2) is 3.92. The normalized spacial score (nSPS) is 33.9. The number of fused-ring (bicyclic) bond motifs is 2. The third-order valence-corrected chi connectivity index (χ3v) is 4.61. The largest absolute Gasteiger partial charge is 0.469 e. The molecule has 1 fully saturated rings. The zero-order chi connectivity index (χ0) is 11.0. The summed E-state index contributed by atoms with van der Waals surface area (Å²) in [5.41, 5.74) is 1.71. The molecular weight excluding hydrogens is 198 g/mol. The molecule has 0 saturated heterocycles. The van der Waals surface area contributed by atoms with Gasteiger partial charge in [-0.2, -0.15) is 0 Å². The molecule has 16 heavy (non-hydrogen) atoms. The summed E-state index contributed by atoms with van der Waals surface area (Å²) in [6.45, 7) is 3.40. The van der Waals surface area contributed by atoms with E-state index in [1.54, 1.807) is 0 Å².